The molecule has 88 valence electrons. The minimum atomic E-state index is -3.26. The molecule has 0 aliphatic rings. The van der Waals surface area contributed by atoms with Gasteiger partial charge in [0, 0.05) is 0 Å². The van der Waals surface area contributed by atoms with Gasteiger partial charge in [0.05, 0.1) is 19.1 Å². The highest BCUT2D eigenvalue weighted by Crippen LogP contribution is 2.09. The van der Waals surface area contributed by atoms with Crippen LogP contribution in [-0.4, -0.2) is 21.8 Å². The SMILES string of the molecule is CC/C(C)=C\C(NS(C)(=O)=O)=C(/C)OC. The molecule has 15 heavy (non-hydrogen) atoms. The van der Waals surface area contributed by atoms with Crippen LogP contribution in [0.2, 0.25) is 0 Å². The minimum absolute atomic E-state index is 0.486. The third-order valence-corrected chi connectivity index (χ3v) is 2.52. The Bertz CT molecular complexity index is 366. The molecule has 0 saturated carbocycles. The van der Waals surface area contributed by atoms with E-state index in [4.69, 9.17) is 4.74 Å². The van der Waals surface area contributed by atoms with Crippen molar-refractivity contribution in [1.82, 2.24) is 4.72 Å². The number of ether oxygens (including phenoxy) is 1. The summed E-state index contributed by atoms with van der Waals surface area (Å²) in [5, 5.41) is 0. The Kier molecular flexibility index (Phi) is 5.43. The number of rotatable bonds is 5. The van der Waals surface area contributed by atoms with E-state index < -0.39 is 10.0 Å². The van der Waals surface area contributed by atoms with Crippen molar-refractivity contribution in [2.75, 3.05) is 13.4 Å². The van der Waals surface area contributed by atoms with Crippen LogP contribution >= 0.6 is 0 Å². The average Bonchev–Trinajstić information content (AvgIpc) is 2.13. The number of nitrogens with one attached hydrogen (secondary N) is 1. The van der Waals surface area contributed by atoms with Gasteiger partial charge in [0.2, 0.25) is 10.0 Å². The molecule has 1 N–H and O–H groups in total. The van der Waals surface area contributed by atoms with Crippen LogP contribution in [0.15, 0.2) is 23.1 Å². The molecular weight excluding hydrogens is 214 g/mol. The van der Waals surface area contributed by atoms with Crippen LogP contribution < -0.4 is 4.72 Å². The minimum Gasteiger partial charge on any atom is -0.499 e. The van der Waals surface area contributed by atoms with Crippen molar-refractivity contribution in [3.05, 3.63) is 23.1 Å². The Morgan fingerprint density at radius 3 is 2.27 bits per heavy atom. The molecule has 0 aromatic heterocycles. The van der Waals surface area contributed by atoms with Gasteiger partial charge in [-0.1, -0.05) is 12.5 Å². The van der Waals surface area contributed by atoms with Crippen LogP contribution in [0.25, 0.3) is 0 Å². The number of methoxy groups -OCH3 is 1. The average molecular weight is 233 g/mol. The quantitative estimate of drug-likeness (QED) is 0.581. The summed E-state index contributed by atoms with van der Waals surface area (Å²) in [5.41, 5.74) is 1.57. The molecule has 0 aliphatic carbocycles. The lowest BCUT2D eigenvalue weighted by atomic mass is 10.2. The molecule has 0 fully saturated rings. The van der Waals surface area contributed by atoms with Gasteiger partial charge in [0.25, 0.3) is 0 Å². The predicted octanol–water partition coefficient (Wildman–Crippen LogP) is 1.77. The highest BCUT2D eigenvalue weighted by Gasteiger charge is 2.06. The van der Waals surface area contributed by atoms with Gasteiger partial charge in [-0.3, -0.25) is 4.72 Å². The van der Waals surface area contributed by atoms with Gasteiger partial charge in [-0.15, -0.1) is 0 Å². The fraction of sp³-hybridized carbons (Fsp3) is 0.600. The molecule has 5 heteroatoms. The zero-order valence-electron chi connectivity index (χ0n) is 9.92. The lowest BCUT2D eigenvalue weighted by molar-refractivity contribution is 0.288. The Labute approximate surface area is 92.1 Å². The van der Waals surface area contributed by atoms with Crippen molar-refractivity contribution < 1.29 is 13.2 Å². The van der Waals surface area contributed by atoms with Crippen LogP contribution in [0.4, 0.5) is 0 Å². The Balaban J connectivity index is 5.11. The van der Waals surface area contributed by atoms with Crippen LogP contribution in [0.5, 0.6) is 0 Å². The zero-order chi connectivity index (χ0) is 12.1. The second kappa shape index (κ2) is 5.80. The summed E-state index contributed by atoms with van der Waals surface area (Å²) in [4.78, 5) is 0. The normalized spacial score (nSPS) is 14.6. The zero-order valence-corrected chi connectivity index (χ0v) is 10.7. The molecule has 0 amide bonds. The number of allylic oxidation sites excluding steroid dienone is 3. The summed E-state index contributed by atoms with van der Waals surface area (Å²) in [6.45, 7) is 5.66. The van der Waals surface area contributed by atoms with Crippen molar-refractivity contribution >= 4 is 10.0 Å². The molecule has 4 nitrogen and oxygen atoms in total. The van der Waals surface area contributed by atoms with Crippen LogP contribution in [-0.2, 0) is 14.8 Å². The molecule has 0 radical (unpaired) electrons. The second-order valence-corrected chi connectivity index (χ2v) is 5.14. The van der Waals surface area contributed by atoms with E-state index in [0.717, 1.165) is 18.2 Å². The second-order valence-electron chi connectivity index (χ2n) is 3.39. The van der Waals surface area contributed by atoms with E-state index in [1.54, 1.807) is 13.0 Å². The van der Waals surface area contributed by atoms with E-state index in [1.807, 2.05) is 13.8 Å². The van der Waals surface area contributed by atoms with E-state index in [1.165, 1.54) is 7.11 Å². The number of hydrogen-bond acceptors (Lipinski definition) is 3. The summed E-state index contributed by atoms with van der Waals surface area (Å²) in [5.74, 6) is 0.549. The fourth-order valence-corrected chi connectivity index (χ4v) is 1.46. The smallest absolute Gasteiger partial charge is 0.229 e. The van der Waals surface area contributed by atoms with E-state index in [9.17, 15) is 8.42 Å². The molecule has 0 saturated heterocycles. The molecule has 0 bridgehead atoms. The van der Waals surface area contributed by atoms with Crippen LogP contribution in [0.1, 0.15) is 27.2 Å². The Morgan fingerprint density at radius 1 is 1.40 bits per heavy atom. The van der Waals surface area contributed by atoms with E-state index in [-0.39, 0.29) is 0 Å². The summed E-state index contributed by atoms with van der Waals surface area (Å²) in [6.07, 6.45) is 3.76. The van der Waals surface area contributed by atoms with Gasteiger partial charge in [-0.2, -0.15) is 0 Å². The van der Waals surface area contributed by atoms with Gasteiger partial charge in [-0.05, 0) is 26.3 Å². The largest absolute Gasteiger partial charge is 0.499 e. The van der Waals surface area contributed by atoms with Gasteiger partial charge >= 0.3 is 0 Å². The van der Waals surface area contributed by atoms with Crippen molar-refractivity contribution in [3.63, 3.8) is 0 Å². The van der Waals surface area contributed by atoms with E-state index in [2.05, 4.69) is 4.72 Å². The first-order valence-corrected chi connectivity index (χ1v) is 6.59. The van der Waals surface area contributed by atoms with Gasteiger partial charge in [-0.25, -0.2) is 8.42 Å². The van der Waals surface area contributed by atoms with Gasteiger partial charge in [0.1, 0.15) is 5.76 Å². The third-order valence-electron chi connectivity index (χ3n) is 1.93. The standard InChI is InChI=1S/C10H19NO3S/c1-6-8(2)7-10(9(3)14-4)11-15(5,12)13/h7,11H,6H2,1-5H3/b8-7-,10-9-. The molecule has 0 atom stereocenters. The molecule has 0 aromatic carbocycles. The monoisotopic (exact) mass is 233 g/mol. The van der Waals surface area contributed by atoms with Crippen molar-refractivity contribution in [1.29, 1.82) is 0 Å². The molecule has 0 unspecified atom stereocenters. The molecule has 0 aliphatic heterocycles. The van der Waals surface area contributed by atoms with E-state index in [0.29, 0.717) is 11.5 Å². The summed E-state index contributed by atoms with van der Waals surface area (Å²) >= 11 is 0. The summed E-state index contributed by atoms with van der Waals surface area (Å²) < 4.78 is 29.6. The van der Waals surface area contributed by atoms with Crippen LogP contribution in [0, 0.1) is 0 Å². The lowest BCUT2D eigenvalue weighted by Crippen LogP contribution is -2.22. The maximum absolute atomic E-state index is 11.1. The maximum Gasteiger partial charge on any atom is 0.229 e. The first-order chi connectivity index (χ1) is 6.80. The first kappa shape index (κ1) is 14.0. The van der Waals surface area contributed by atoms with Crippen LogP contribution in [0.3, 0.4) is 0 Å². The van der Waals surface area contributed by atoms with Crippen molar-refractivity contribution in [2.24, 2.45) is 0 Å². The third kappa shape index (κ3) is 6.17. The van der Waals surface area contributed by atoms with Crippen molar-refractivity contribution in [3.8, 4) is 0 Å². The summed E-state index contributed by atoms with van der Waals surface area (Å²) in [7, 11) is -1.76. The fourth-order valence-electron chi connectivity index (χ4n) is 0.861. The topological polar surface area (TPSA) is 55.4 Å². The van der Waals surface area contributed by atoms with E-state index >= 15 is 0 Å². The molecule has 0 heterocycles. The highest BCUT2D eigenvalue weighted by atomic mass is 32.2. The van der Waals surface area contributed by atoms with Gasteiger partial charge < -0.3 is 4.74 Å². The summed E-state index contributed by atoms with van der Waals surface area (Å²) in [6, 6.07) is 0. The highest BCUT2D eigenvalue weighted by molar-refractivity contribution is 7.88. The lowest BCUT2D eigenvalue weighted by Gasteiger charge is -2.10. The molecule has 0 spiro atoms. The predicted molar refractivity (Wildman–Crippen MR) is 61.7 cm³/mol. The van der Waals surface area contributed by atoms with Crippen molar-refractivity contribution in [2.45, 2.75) is 27.2 Å². The number of hydrogen-bond donors (Lipinski definition) is 1. The number of sulfonamides is 1. The molecule has 0 aromatic rings. The first-order valence-electron chi connectivity index (χ1n) is 4.70. The Hall–Kier alpha value is -0.970. The maximum atomic E-state index is 11.1. The van der Waals surface area contributed by atoms with Gasteiger partial charge in [0.15, 0.2) is 0 Å². The molecular formula is C10H19NO3S. The molecule has 0 rings (SSSR count). The Morgan fingerprint density at radius 2 is 1.93 bits per heavy atom.